The smallest absolute Gasteiger partial charge is 0.0578 e. The van der Waals surface area contributed by atoms with Crippen LogP contribution in [0.1, 0.15) is 39.5 Å². The van der Waals surface area contributed by atoms with Gasteiger partial charge in [-0.05, 0) is 13.3 Å². The van der Waals surface area contributed by atoms with Crippen LogP contribution >= 0.6 is 0 Å². The van der Waals surface area contributed by atoms with Crippen molar-refractivity contribution >= 4 is 0 Å². The van der Waals surface area contributed by atoms with E-state index in [9.17, 15) is 0 Å². The third-order valence-corrected chi connectivity index (χ3v) is 2.40. The number of rotatable bonds is 7. The summed E-state index contributed by atoms with van der Waals surface area (Å²) >= 11 is 0. The Hall–Kier alpha value is -0.520. The summed E-state index contributed by atoms with van der Waals surface area (Å²) in [5.41, 5.74) is 5.73. The van der Waals surface area contributed by atoms with Gasteiger partial charge in [0.25, 0.3) is 0 Å². The molecule has 0 rings (SSSR count). The van der Waals surface area contributed by atoms with Gasteiger partial charge >= 0.3 is 0 Å². The van der Waals surface area contributed by atoms with Crippen LogP contribution in [0.25, 0.3) is 0 Å². The maximum absolute atomic E-state index is 5.70. The van der Waals surface area contributed by atoms with Gasteiger partial charge in [0.05, 0.1) is 6.54 Å². The second-order valence-corrected chi connectivity index (χ2v) is 3.78. The lowest BCUT2D eigenvalue weighted by atomic mass is 9.94. The SMILES string of the molecule is C#CCNC(C)(CN)CCCCC. The summed E-state index contributed by atoms with van der Waals surface area (Å²) in [4.78, 5) is 0. The molecule has 1 unspecified atom stereocenters. The second-order valence-electron chi connectivity index (χ2n) is 3.78. The van der Waals surface area contributed by atoms with Gasteiger partial charge in [0, 0.05) is 12.1 Å². The maximum Gasteiger partial charge on any atom is 0.0578 e. The van der Waals surface area contributed by atoms with E-state index in [4.69, 9.17) is 12.2 Å². The average molecular weight is 182 g/mol. The third kappa shape index (κ3) is 5.68. The zero-order valence-electron chi connectivity index (χ0n) is 8.90. The lowest BCUT2D eigenvalue weighted by Gasteiger charge is -2.28. The van der Waals surface area contributed by atoms with Gasteiger partial charge < -0.3 is 5.73 Å². The third-order valence-electron chi connectivity index (χ3n) is 2.40. The normalized spacial score (nSPS) is 14.9. The molecule has 1 atom stereocenters. The number of hydrogen-bond acceptors (Lipinski definition) is 2. The molecule has 0 amide bonds. The monoisotopic (exact) mass is 182 g/mol. The number of nitrogens with two attached hydrogens (primary N) is 1. The Labute approximate surface area is 82.3 Å². The van der Waals surface area contributed by atoms with Crippen molar-refractivity contribution in [3.05, 3.63) is 0 Å². The summed E-state index contributed by atoms with van der Waals surface area (Å²) in [5.74, 6) is 2.58. The van der Waals surface area contributed by atoms with E-state index in [2.05, 4.69) is 25.1 Å². The van der Waals surface area contributed by atoms with Crippen LogP contribution in [-0.2, 0) is 0 Å². The zero-order valence-corrected chi connectivity index (χ0v) is 8.90. The lowest BCUT2D eigenvalue weighted by molar-refractivity contribution is 0.342. The number of hydrogen-bond donors (Lipinski definition) is 2. The molecule has 0 saturated heterocycles. The fraction of sp³-hybridized carbons (Fsp3) is 0.818. The molecule has 0 aromatic heterocycles. The molecule has 13 heavy (non-hydrogen) atoms. The highest BCUT2D eigenvalue weighted by atomic mass is 15.0. The molecule has 0 bridgehead atoms. The molecular weight excluding hydrogens is 160 g/mol. The number of nitrogens with one attached hydrogen (secondary N) is 1. The van der Waals surface area contributed by atoms with Crippen molar-refractivity contribution in [1.82, 2.24) is 5.32 Å². The van der Waals surface area contributed by atoms with E-state index in [0.717, 1.165) is 6.42 Å². The Balaban J connectivity index is 3.75. The van der Waals surface area contributed by atoms with Crippen molar-refractivity contribution in [2.24, 2.45) is 5.73 Å². The van der Waals surface area contributed by atoms with Crippen LogP contribution in [0.3, 0.4) is 0 Å². The topological polar surface area (TPSA) is 38.0 Å². The maximum atomic E-state index is 5.70. The summed E-state index contributed by atoms with van der Waals surface area (Å²) in [5, 5.41) is 3.29. The minimum atomic E-state index is 0.0293. The van der Waals surface area contributed by atoms with Gasteiger partial charge in [-0.25, -0.2) is 0 Å². The van der Waals surface area contributed by atoms with Crippen molar-refractivity contribution in [3.63, 3.8) is 0 Å². The molecule has 76 valence electrons. The van der Waals surface area contributed by atoms with E-state index in [1.165, 1.54) is 19.3 Å². The van der Waals surface area contributed by atoms with Gasteiger partial charge in [-0.15, -0.1) is 6.42 Å². The van der Waals surface area contributed by atoms with Gasteiger partial charge in [0.2, 0.25) is 0 Å². The summed E-state index contributed by atoms with van der Waals surface area (Å²) in [7, 11) is 0. The largest absolute Gasteiger partial charge is 0.329 e. The lowest BCUT2D eigenvalue weighted by Crippen LogP contribution is -2.48. The first kappa shape index (κ1) is 12.5. The van der Waals surface area contributed by atoms with E-state index in [-0.39, 0.29) is 5.54 Å². The second kappa shape index (κ2) is 6.94. The molecule has 0 aliphatic rings. The molecule has 0 aromatic rings. The predicted octanol–water partition coefficient (Wildman–Crippen LogP) is 1.51. The summed E-state index contributed by atoms with van der Waals surface area (Å²) in [6, 6.07) is 0. The van der Waals surface area contributed by atoms with Gasteiger partial charge in [0.15, 0.2) is 0 Å². The van der Waals surface area contributed by atoms with Gasteiger partial charge in [-0.3, -0.25) is 5.32 Å². The van der Waals surface area contributed by atoms with E-state index in [1.54, 1.807) is 0 Å². The number of unbranched alkanes of at least 4 members (excludes halogenated alkanes) is 2. The predicted molar refractivity (Wildman–Crippen MR) is 58.4 cm³/mol. The van der Waals surface area contributed by atoms with Crippen molar-refractivity contribution < 1.29 is 0 Å². The van der Waals surface area contributed by atoms with Gasteiger partial charge in [-0.1, -0.05) is 32.1 Å². The molecule has 0 saturated carbocycles. The van der Waals surface area contributed by atoms with Gasteiger partial charge in [0.1, 0.15) is 0 Å². The molecule has 0 aliphatic heterocycles. The first-order valence-corrected chi connectivity index (χ1v) is 5.07. The van der Waals surface area contributed by atoms with Crippen LogP contribution in [0.5, 0.6) is 0 Å². The molecular formula is C11H22N2. The standard InChI is InChI=1S/C11H22N2/c1-4-6-7-8-11(3,10-12)13-9-5-2/h2,13H,4,6-10,12H2,1,3H3. The summed E-state index contributed by atoms with van der Waals surface area (Å²) < 4.78 is 0. The molecule has 0 fully saturated rings. The Morgan fingerprint density at radius 3 is 2.62 bits per heavy atom. The highest BCUT2D eigenvalue weighted by Crippen LogP contribution is 2.12. The first-order chi connectivity index (χ1) is 6.18. The molecule has 0 aromatic carbocycles. The van der Waals surface area contributed by atoms with Gasteiger partial charge in [-0.2, -0.15) is 0 Å². The fourth-order valence-corrected chi connectivity index (χ4v) is 1.29. The Bertz CT molecular complexity index is 160. The molecule has 3 N–H and O–H groups in total. The average Bonchev–Trinajstić information content (AvgIpc) is 2.15. The first-order valence-electron chi connectivity index (χ1n) is 5.07. The molecule has 2 nitrogen and oxygen atoms in total. The van der Waals surface area contributed by atoms with E-state index < -0.39 is 0 Å². The molecule has 2 heteroatoms. The van der Waals surface area contributed by atoms with Crippen molar-refractivity contribution in [3.8, 4) is 12.3 Å². The quantitative estimate of drug-likeness (QED) is 0.462. The molecule has 0 heterocycles. The number of terminal acetylenes is 1. The van der Waals surface area contributed by atoms with E-state index in [1.807, 2.05) is 0 Å². The molecule has 0 aliphatic carbocycles. The minimum Gasteiger partial charge on any atom is -0.329 e. The highest BCUT2D eigenvalue weighted by Gasteiger charge is 2.19. The molecule has 0 radical (unpaired) electrons. The molecule has 0 spiro atoms. The Kier molecular flexibility index (Phi) is 6.66. The van der Waals surface area contributed by atoms with Crippen molar-refractivity contribution in [1.29, 1.82) is 0 Å². The van der Waals surface area contributed by atoms with E-state index in [0.29, 0.717) is 13.1 Å². The summed E-state index contributed by atoms with van der Waals surface area (Å²) in [6.45, 7) is 5.60. The van der Waals surface area contributed by atoms with Crippen LogP contribution in [0.2, 0.25) is 0 Å². The van der Waals surface area contributed by atoms with Crippen molar-refractivity contribution in [2.75, 3.05) is 13.1 Å². The van der Waals surface area contributed by atoms with E-state index >= 15 is 0 Å². The van der Waals surface area contributed by atoms with Crippen LogP contribution in [-0.4, -0.2) is 18.6 Å². The van der Waals surface area contributed by atoms with Crippen LogP contribution in [0, 0.1) is 12.3 Å². The highest BCUT2D eigenvalue weighted by molar-refractivity contribution is 4.93. The minimum absolute atomic E-state index is 0.0293. The zero-order chi connectivity index (χ0) is 10.2. The Morgan fingerprint density at radius 2 is 2.15 bits per heavy atom. The summed E-state index contributed by atoms with van der Waals surface area (Å²) in [6.07, 6.45) is 10.0. The van der Waals surface area contributed by atoms with Crippen LogP contribution in [0.4, 0.5) is 0 Å². The van der Waals surface area contributed by atoms with Crippen LogP contribution < -0.4 is 11.1 Å². The van der Waals surface area contributed by atoms with Crippen LogP contribution in [0.15, 0.2) is 0 Å². The van der Waals surface area contributed by atoms with Crippen molar-refractivity contribution in [2.45, 2.75) is 45.1 Å². The Morgan fingerprint density at radius 1 is 1.46 bits per heavy atom. The fourth-order valence-electron chi connectivity index (χ4n) is 1.29.